The van der Waals surface area contributed by atoms with Crippen LogP contribution >= 0.6 is 0 Å². The Morgan fingerprint density at radius 3 is 1.21 bits per heavy atom. The molecule has 0 fully saturated rings. The first-order valence-corrected chi connectivity index (χ1v) is 7.20. The molecule has 0 aliphatic heterocycles. The summed E-state index contributed by atoms with van der Waals surface area (Å²) in [6.45, 7) is 2.40. The van der Waals surface area contributed by atoms with Crippen molar-refractivity contribution in [3.8, 4) is 11.5 Å². The standard InChI is InChI=1S/2C9H8O4.Al.H2O/c2*1-6(10)13-8-5-3-2-4-7(8)9(11)12;;/h2*2-5H,1H3,(H,11,12);;1H2/q;;+3;/p-3. The van der Waals surface area contributed by atoms with Gasteiger partial charge in [-0.05, 0) is 24.3 Å². The molecule has 144 valence electrons. The quantitative estimate of drug-likeness (QED) is 0.369. The molecule has 10 heteroatoms. The number of hydrogen-bond acceptors (Lipinski definition) is 9. The molecule has 0 atom stereocenters. The molecule has 2 aromatic carbocycles. The van der Waals surface area contributed by atoms with Gasteiger partial charge in [-0.1, -0.05) is 24.3 Å². The fourth-order valence-electron chi connectivity index (χ4n) is 1.76. The maximum absolute atomic E-state index is 10.6. The summed E-state index contributed by atoms with van der Waals surface area (Å²) in [7, 11) is 0. The van der Waals surface area contributed by atoms with Gasteiger partial charge in [-0.15, -0.1) is 0 Å². The first-order valence-electron chi connectivity index (χ1n) is 7.20. The van der Waals surface area contributed by atoms with Crippen molar-refractivity contribution in [2.45, 2.75) is 13.8 Å². The zero-order chi connectivity index (χ0) is 19.7. The summed E-state index contributed by atoms with van der Waals surface area (Å²) in [5, 5.41) is 21.0. The van der Waals surface area contributed by atoms with E-state index in [0.717, 1.165) is 0 Å². The number of carbonyl (C=O) groups is 4. The van der Waals surface area contributed by atoms with E-state index in [0.29, 0.717) is 0 Å². The van der Waals surface area contributed by atoms with Crippen LogP contribution in [0.3, 0.4) is 0 Å². The van der Waals surface area contributed by atoms with E-state index in [-0.39, 0.29) is 45.5 Å². The summed E-state index contributed by atoms with van der Waals surface area (Å²) < 4.78 is 9.29. The van der Waals surface area contributed by atoms with Crippen LogP contribution < -0.4 is 19.7 Å². The maximum atomic E-state index is 10.6. The van der Waals surface area contributed by atoms with Crippen LogP contribution in [0.15, 0.2) is 48.5 Å². The van der Waals surface area contributed by atoms with Crippen molar-refractivity contribution in [1.82, 2.24) is 0 Å². The number of hydrogen-bond donors (Lipinski definition) is 0. The van der Waals surface area contributed by atoms with Gasteiger partial charge in [-0.3, -0.25) is 9.59 Å². The van der Waals surface area contributed by atoms with Crippen LogP contribution in [0.1, 0.15) is 34.6 Å². The third kappa shape index (κ3) is 8.96. The summed E-state index contributed by atoms with van der Waals surface area (Å²) in [5.74, 6) is -3.83. The normalized spacial score (nSPS) is 8.64. The molecule has 2 rings (SSSR count). The molecule has 0 bridgehead atoms. The predicted molar refractivity (Wildman–Crippen MR) is 91.9 cm³/mol. The monoisotopic (exact) mass is 402 g/mol. The largest absolute Gasteiger partial charge is 3.00 e. The van der Waals surface area contributed by atoms with Crippen LogP contribution in [0, 0.1) is 0 Å². The summed E-state index contributed by atoms with van der Waals surface area (Å²) in [6, 6.07) is 11.6. The van der Waals surface area contributed by atoms with E-state index in [2.05, 4.69) is 9.47 Å². The number of esters is 2. The summed E-state index contributed by atoms with van der Waals surface area (Å²) in [5.41, 5.74) is -0.254. The Morgan fingerprint density at radius 1 is 0.679 bits per heavy atom. The molecule has 0 aromatic heterocycles. The zero-order valence-electron chi connectivity index (χ0n) is 14.9. The predicted octanol–water partition coefficient (Wildman–Crippen LogP) is -0.607. The van der Waals surface area contributed by atoms with Crippen molar-refractivity contribution in [3.05, 3.63) is 59.7 Å². The molecule has 0 radical (unpaired) electrons. The summed E-state index contributed by atoms with van der Waals surface area (Å²) in [6.07, 6.45) is 0. The fraction of sp³-hybridized carbons (Fsp3) is 0.111. The van der Waals surface area contributed by atoms with Gasteiger partial charge in [0.25, 0.3) is 0 Å². The second-order valence-electron chi connectivity index (χ2n) is 4.75. The molecule has 1 N–H and O–H groups in total. The van der Waals surface area contributed by atoms with Crippen LogP contribution in [-0.2, 0) is 9.59 Å². The van der Waals surface area contributed by atoms with Crippen LogP contribution in [0.2, 0.25) is 0 Å². The fourth-order valence-corrected chi connectivity index (χ4v) is 1.76. The van der Waals surface area contributed by atoms with Gasteiger partial charge in [0, 0.05) is 25.0 Å². The minimum Gasteiger partial charge on any atom is -0.870 e. The van der Waals surface area contributed by atoms with Crippen molar-refractivity contribution >= 4 is 41.2 Å². The van der Waals surface area contributed by atoms with E-state index in [1.54, 1.807) is 12.1 Å². The average Bonchev–Trinajstić information content (AvgIpc) is 2.55. The molecule has 0 heterocycles. The van der Waals surface area contributed by atoms with E-state index >= 15 is 0 Å². The SMILES string of the molecule is CC(=O)Oc1ccccc1C(=O)[O-].CC(=O)Oc1ccccc1C(=O)[O-].[Al+3].[OH-]. The number of benzene rings is 2. The summed E-state index contributed by atoms with van der Waals surface area (Å²) >= 11 is 0. The first-order chi connectivity index (χ1) is 12.2. The molecule has 0 amide bonds. The van der Waals surface area contributed by atoms with Crippen molar-refractivity contribution in [3.63, 3.8) is 0 Å². The number of para-hydroxylation sites is 2. The molecule has 0 spiro atoms. The molecular formula is C18H15AlO9. The van der Waals surface area contributed by atoms with Gasteiger partial charge in [0.1, 0.15) is 11.5 Å². The van der Waals surface area contributed by atoms with E-state index in [9.17, 15) is 29.4 Å². The van der Waals surface area contributed by atoms with Crippen LogP contribution in [0.25, 0.3) is 0 Å². The Labute approximate surface area is 170 Å². The third-order valence-corrected chi connectivity index (χ3v) is 2.72. The Morgan fingerprint density at radius 2 is 0.964 bits per heavy atom. The summed E-state index contributed by atoms with van der Waals surface area (Å²) in [4.78, 5) is 42.1. The average molecular weight is 402 g/mol. The van der Waals surface area contributed by atoms with E-state index in [4.69, 9.17) is 0 Å². The molecule has 28 heavy (non-hydrogen) atoms. The van der Waals surface area contributed by atoms with Gasteiger partial charge < -0.3 is 34.8 Å². The molecule has 0 aliphatic carbocycles. The van der Waals surface area contributed by atoms with E-state index in [1.807, 2.05) is 0 Å². The van der Waals surface area contributed by atoms with E-state index in [1.165, 1.54) is 50.2 Å². The molecule has 0 saturated heterocycles. The zero-order valence-corrected chi connectivity index (χ0v) is 16.1. The molecule has 0 unspecified atom stereocenters. The van der Waals surface area contributed by atoms with Crippen molar-refractivity contribution < 1.29 is 44.3 Å². The second kappa shape index (κ2) is 13.1. The third-order valence-electron chi connectivity index (χ3n) is 2.72. The molecule has 9 nitrogen and oxygen atoms in total. The smallest absolute Gasteiger partial charge is 0.870 e. The maximum Gasteiger partial charge on any atom is 3.00 e. The van der Waals surface area contributed by atoms with Gasteiger partial charge in [0.05, 0.1) is 11.9 Å². The number of ether oxygens (including phenoxy) is 2. The molecule has 0 saturated carbocycles. The number of carboxylic acid groups (broad SMARTS) is 2. The minimum atomic E-state index is -1.36. The van der Waals surface area contributed by atoms with Crippen molar-refractivity contribution in [1.29, 1.82) is 0 Å². The minimum absolute atomic E-state index is 0. The van der Waals surface area contributed by atoms with Gasteiger partial charge in [-0.25, -0.2) is 0 Å². The Balaban J connectivity index is 0. The molecular weight excluding hydrogens is 387 g/mol. The van der Waals surface area contributed by atoms with Crippen LogP contribution in [0.4, 0.5) is 0 Å². The number of carbonyl (C=O) groups excluding carboxylic acids is 4. The Bertz CT molecular complexity index is 764. The topological polar surface area (TPSA) is 163 Å². The Kier molecular flexibility index (Phi) is 12.6. The molecule has 2 aromatic rings. The van der Waals surface area contributed by atoms with Gasteiger partial charge >= 0.3 is 29.3 Å². The van der Waals surface area contributed by atoms with Gasteiger partial charge in [0.15, 0.2) is 0 Å². The van der Waals surface area contributed by atoms with E-state index < -0.39 is 23.9 Å². The first kappa shape index (κ1) is 27.0. The second-order valence-corrected chi connectivity index (χ2v) is 4.75. The van der Waals surface area contributed by atoms with Crippen molar-refractivity contribution in [2.24, 2.45) is 0 Å². The van der Waals surface area contributed by atoms with Crippen molar-refractivity contribution in [2.75, 3.05) is 0 Å². The van der Waals surface area contributed by atoms with Gasteiger partial charge in [0.2, 0.25) is 0 Å². The van der Waals surface area contributed by atoms with Crippen LogP contribution in [-0.4, -0.2) is 46.7 Å². The number of rotatable bonds is 4. The number of aromatic carboxylic acids is 2. The van der Waals surface area contributed by atoms with Crippen LogP contribution in [0.5, 0.6) is 11.5 Å². The number of carboxylic acids is 2. The van der Waals surface area contributed by atoms with Gasteiger partial charge in [-0.2, -0.15) is 0 Å². The Hall–Kier alpha value is -3.19. The molecule has 0 aliphatic rings.